The maximum atomic E-state index is 13.1. The molecule has 1 N–H and O–H groups in total. The standard InChI is InChI=1S/C20H18N2O4S2/c23-19(21-16-10-11-27-20(16)24)13-22-12-18(15-8-4-5-9-17(15)22)28(25,26)14-6-2-1-3-7-14/h1-9,12,16H,10-11,13H2,(H,21,23). The van der Waals surface area contributed by atoms with Gasteiger partial charge in [-0.15, -0.1) is 0 Å². The molecule has 144 valence electrons. The highest BCUT2D eigenvalue weighted by Crippen LogP contribution is 2.30. The molecule has 0 radical (unpaired) electrons. The van der Waals surface area contributed by atoms with Gasteiger partial charge in [0.25, 0.3) is 0 Å². The molecule has 1 amide bonds. The number of rotatable bonds is 5. The lowest BCUT2D eigenvalue weighted by atomic mass is 10.2. The Balaban J connectivity index is 1.69. The van der Waals surface area contributed by atoms with Crippen LogP contribution in [-0.2, 0) is 26.0 Å². The summed E-state index contributed by atoms with van der Waals surface area (Å²) in [7, 11) is -3.72. The summed E-state index contributed by atoms with van der Waals surface area (Å²) < 4.78 is 27.8. The normalized spacial score (nSPS) is 17.1. The van der Waals surface area contributed by atoms with E-state index in [-0.39, 0.29) is 27.4 Å². The maximum absolute atomic E-state index is 13.1. The lowest BCUT2D eigenvalue weighted by molar-refractivity contribution is -0.124. The number of carbonyl (C=O) groups is 2. The molecule has 1 saturated heterocycles. The van der Waals surface area contributed by atoms with E-state index in [2.05, 4.69) is 5.32 Å². The molecule has 1 aliphatic heterocycles. The Labute approximate surface area is 166 Å². The third-order valence-corrected chi connectivity index (χ3v) is 7.49. The van der Waals surface area contributed by atoms with Gasteiger partial charge < -0.3 is 9.88 Å². The first-order chi connectivity index (χ1) is 13.5. The Morgan fingerprint density at radius 1 is 1.11 bits per heavy atom. The molecule has 1 aliphatic rings. The van der Waals surface area contributed by atoms with E-state index >= 15 is 0 Å². The number of thioether (sulfide) groups is 1. The molecule has 2 heterocycles. The van der Waals surface area contributed by atoms with E-state index in [1.807, 2.05) is 0 Å². The van der Waals surface area contributed by atoms with Crippen molar-refractivity contribution in [3.05, 3.63) is 60.8 Å². The van der Waals surface area contributed by atoms with Gasteiger partial charge in [0.15, 0.2) is 0 Å². The first-order valence-corrected chi connectivity index (χ1v) is 11.3. The zero-order valence-corrected chi connectivity index (χ0v) is 16.5. The van der Waals surface area contributed by atoms with Crippen LogP contribution >= 0.6 is 11.8 Å². The van der Waals surface area contributed by atoms with E-state index < -0.39 is 15.9 Å². The van der Waals surface area contributed by atoms with Crippen molar-refractivity contribution in [1.29, 1.82) is 0 Å². The highest BCUT2D eigenvalue weighted by Gasteiger charge is 2.28. The van der Waals surface area contributed by atoms with E-state index in [0.717, 1.165) is 0 Å². The van der Waals surface area contributed by atoms with Crippen molar-refractivity contribution in [3.63, 3.8) is 0 Å². The summed E-state index contributed by atoms with van der Waals surface area (Å²) in [6.07, 6.45) is 2.12. The second-order valence-electron chi connectivity index (χ2n) is 6.53. The topological polar surface area (TPSA) is 85.2 Å². The van der Waals surface area contributed by atoms with Crippen LogP contribution in [0.15, 0.2) is 70.6 Å². The number of hydrogen-bond donors (Lipinski definition) is 1. The molecule has 4 rings (SSSR count). The van der Waals surface area contributed by atoms with Gasteiger partial charge in [0, 0.05) is 22.9 Å². The van der Waals surface area contributed by atoms with Crippen LogP contribution in [0, 0.1) is 0 Å². The Bertz CT molecular complexity index is 1150. The molecule has 0 saturated carbocycles. The fourth-order valence-corrected chi connectivity index (χ4v) is 5.74. The minimum Gasteiger partial charge on any atom is -0.344 e. The zero-order valence-electron chi connectivity index (χ0n) is 14.9. The summed E-state index contributed by atoms with van der Waals surface area (Å²) in [6.45, 7) is -0.0563. The molecule has 6 nitrogen and oxygen atoms in total. The monoisotopic (exact) mass is 414 g/mol. The zero-order chi connectivity index (χ0) is 19.7. The van der Waals surface area contributed by atoms with E-state index in [9.17, 15) is 18.0 Å². The summed E-state index contributed by atoms with van der Waals surface area (Å²) in [5.41, 5.74) is 0.652. The van der Waals surface area contributed by atoms with Gasteiger partial charge in [-0.1, -0.05) is 48.2 Å². The molecule has 8 heteroatoms. The predicted molar refractivity (Wildman–Crippen MR) is 108 cm³/mol. The number of fused-ring (bicyclic) bond motifs is 1. The highest BCUT2D eigenvalue weighted by molar-refractivity contribution is 8.14. The minimum absolute atomic E-state index is 0.0296. The molecule has 1 fully saturated rings. The molecular formula is C20H18N2O4S2. The Hall–Kier alpha value is -2.58. The molecule has 0 aliphatic carbocycles. The van der Waals surface area contributed by atoms with E-state index in [0.29, 0.717) is 23.1 Å². The van der Waals surface area contributed by atoms with Gasteiger partial charge in [-0.2, -0.15) is 0 Å². The second-order valence-corrected chi connectivity index (χ2v) is 9.55. The van der Waals surface area contributed by atoms with Crippen molar-refractivity contribution in [2.24, 2.45) is 0 Å². The second kappa shape index (κ2) is 7.44. The summed E-state index contributed by atoms with van der Waals surface area (Å²) in [5, 5.41) is 3.27. The maximum Gasteiger partial charge on any atom is 0.240 e. The molecule has 0 bridgehead atoms. The molecule has 1 aromatic heterocycles. The predicted octanol–water partition coefficient (Wildman–Crippen LogP) is 2.62. The fraction of sp³-hybridized carbons (Fsp3) is 0.200. The van der Waals surface area contributed by atoms with Crippen LogP contribution in [0.4, 0.5) is 0 Å². The Kier molecular flexibility index (Phi) is 4.99. The molecule has 0 spiro atoms. The number of para-hydroxylation sites is 1. The van der Waals surface area contributed by atoms with Crippen LogP contribution in [0.3, 0.4) is 0 Å². The molecule has 1 atom stereocenters. The first-order valence-electron chi connectivity index (χ1n) is 8.81. The van der Waals surface area contributed by atoms with E-state index in [1.165, 1.54) is 18.0 Å². The lowest BCUT2D eigenvalue weighted by Gasteiger charge is -2.11. The van der Waals surface area contributed by atoms with Crippen molar-refractivity contribution < 1.29 is 18.0 Å². The fourth-order valence-electron chi connectivity index (χ4n) is 3.31. The van der Waals surface area contributed by atoms with Crippen LogP contribution in [0.1, 0.15) is 6.42 Å². The average molecular weight is 415 g/mol. The third-order valence-electron chi connectivity index (χ3n) is 4.68. The molecule has 3 aromatic rings. The Morgan fingerprint density at radius 2 is 1.82 bits per heavy atom. The van der Waals surface area contributed by atoms with Gasteiger partial charge >= 0.3 is 0 Å². The van der Waals surface area contributed by atoms with Gasteiger partial charge in [0.05, 0.1) is 15.8 Å². The van der Waals surface area contributed by atoms with Crippen molar-refractivity contribution in [3.8, 4) is 0 Å². The minimum atomic E-state index is -3.72. The summed E-state index contributed by atoms with van der Waals surface area (Å²) in [6, 6.07) is 14.8. The van der Waals surface area contributed by atoms with Crippen LogP contribution in [0.2, 0.25) is 0 Å². The van der Waals surface area contributed by atoms with Gasteiger partial charge in [0.2, 0.25) is 20.9 Å². The molecule has 1 unspecified atom stereocenters. The number of benzene rings is 2. The summed E-state index contributed by atoms with van der Waals surface area (Å²) in [4.78, 5) is 24.5. The van der Waals surface area contributed by atoms with Crippen LogP contribution in [0.25, 0.3) is 10.9 Å². The quantitative estimate of drug-likeness (QED) is 0.694. The van der Waals surface area contributed by atoms with Crippen LogP contribution < -0.4 is 5.32 Å². The number of amides is 1. The number of carbonyl (C=O) groups excluding carboxylic acids is 2. The number of nitrogens with zero attached hydrogens (tertiary/aromatic N) is 1. The lowest BCUT2D eigenvalue weighted by Crippen LogP contribution is -2.38. The van der Waals surface area contributed by atoms with Gasteiger partial charge in [-0.3, -0.25) is 9.59 Å². The highest BCUT2D eigenvalue weighted by atomic mass is 32.2. The summed E-state index contributed by atoms with van der Waals surface area (Å²) in [5.74, 6) is 0.389. The molecular weight excluding hydrogens is 396 g/mol. The van der Waals surface area contributed by atoms with Crippen LogP contribution in [-0.4, -0.2) is 35.8 Å². The van der Waals surface area contributed by atoms with Gasteiger partial charge in [0.1, 0.15) is 6.54 Å². The third kappa shape index (κ3) is 3.45. The number of nitrogens with one attached hydrogen (secondary N) is 1. The van der Waals surface area contributed by atoms with Crippen molar-refractivity contribution in [2.45, 2.75) is 28.8 Å². The Morgan fingerprint density at radius 3 is 2.54 bits per heavy atom. The van der Waals surface area contributed by atoms with Crippen molar-refractivity contribution in [1.82, 2.24) is 9.88 Å². The van der Waals surface area contributed by atoms with Crippen molar-refractivity contribution in [2.75, 3.05) is 5.75 Å². The summed E-state index contributed by atoms with van der Waals surface area (Å²) >= 11 is 1.22. The average Bonchev–Trinajstić information content (AvgIpc) is 3.27. The largest absolute Gasteiger partial charge is 0.344 e. The van der Waals surface area contributed by atoms with Crippen molar-refractivity contribution >= 4 is 43.5 Å². The number of hydrogen-bond acceptors (Lipinski definition) is 5. The smallest absolute Gasteiger partial charge is 0.240 e. The number of sulfone groups is 1. The number of aromatic nitrogens is 1. The van der Waals surface area contributed by atoms with E-state index in [4.69, 9.17) is 0 Å². The first kappa shape index (κ1) is 18.8. The van der Waals surface area contributed by atoms with Gasteiger partial charge in [-0.05, 0) is 24.6 Å². The van der Waals surface area contributed by atoms with Gasteiger partial charge in [-0.25, -0.2) is 8.42 Å². The molecule has 2 aromatic carbocycles. The van der Waals surface area contributed by atoms with E-state index in [1.54, 1.807) is 59.2 Å². The SMILES string of the molecule is O=C(Cn1cc(S(=O)(=O)c2ccccc2)c2ccccc21)NC1CCSC1=O. The van der Waals surface area contributed by atoms with Crippen LogP contribution in [0.5, 0.6) is 0 Å². The molecule has 28 heavy (non-hydrogen) atoms.